The molecule has 0 spiro atoms. The number of carbonyl (C=O) groups is 1. The van der Waals surface area contributed by atoms with E-state index in [9.17, 15) is 9.18 Å². The van der Waals surface area contributed by atoms with Crippen LogP contribution in [-0.2, 0) is 6.54 Å². The second-order valence-electron chi connectivity index (χ2n) is 3.82. The summed E-state index contributed by atoms with van der Waals surface area (Å²) in [7, 11) is 0. The Hall–Kier alpha value is -2.14. The minimum absolute atomic E-state index is 0.0338. The van der Waals surface area contributed by atoms with Crippen LogP contribution < -0.4 is 5.32 Å². The molecule has 0 fully saturated rings. The molecule has 1 aromatic carbocycles. The third-order valence-electron chi connectivity index (χ3n) is 2.46. The van der Waals surface area contributed by atoms with Gasteiger partial charge in [-0.15, -0.1) is 0 Å². The molecule has 0 aliphatic carbocycles. The van der Waals surface area contributed by atoms with E-state index < -0.39 is 5.97 Å². The zero-order valence-corrected chi connectivity index (χ0v) is 10.5. The minimum atomic E-state index is -1.09. The van der Waals surface area contributed by atoms with E-state index in [-0.39, 0.29) is 22.4 Å². The van der Waals surface area contributed by atoms with Crippen molar-refractivity contribution in [3.8, 4) is 0 Å². The topological polar surface area (TPSA) is 62.2 Å². The molecule has 0 atom stereocenters. The molecule has 2 aromatic rings. The summed E-state index contributed by atoms with van der Waals surface area (Å²) in [5.41, 5.74) is 0.839. The van der Waals surface area contributed by atoms with Gasteiger partial charge >= 0.3 is 5.97 Å². The average Bonchev–Trinajstić information content (AvgIpc) is 2.38. The lowest BCUT2D eigenvalue weighted by atomic mass is 10.2. The molecule has 0 aliphatic heterocycles. The van der Waals surface area contributed by atoms with Crippen molar-refractivity contribution in [3.63, 3.8) is 0 Å². The minimum Gasteiger partial charge on any atom is -0.478 e. The quantitative estimate of drug-likeness (QED) is 0.845. The second kappa shape index (κ2) is 5.67. The number of nitrogens with zero attached hydrogens (tertiary/aromatic N) is 1. The summed E-state index contributed by atoms with van der Waals surface area (Å²) >= 11 is 5.73. The van der Waals surface area contributed by atoms with Gasteiger partial charge in [0.05, 0.1) is 0 Å². The van der Waals surface area contributed by atoms with E-state index in [1.807, 2.05) is 0 Å². The standard InChI is InChI=1S/C13H10ClFN2O2/c14-11-6-5-10(13(18)19)12(17-11)16-7-8-1-3-9(15)4-2-8/h1-6H,7H2,(H,16,17)(H,18,19). The summed E-state index contributed by atoms with van der Waals surface area (Å²) in [5.74, 6) is -1.23. The Balaban J connectivity index is 2.16. The van der Waals surface area contributed by atoms with Crippen LogP contribution in [0.15, 0.2) is 36.4 Å². The number of pyridine rings is 1. The fraction of sp³-hybridized carbons (Fsp3) is 0.0769. The lowest BCUT2D eigenvalue weighted by molar-refractivity contribution is 0.0697. The van der Waals surface area contributed by atoms with Crippen LogP contribution in [0.25, 0.3) is 0 Å². The highest BCUT2D eigenvalue weighted by Crippen LogP contribution is 2.17. The van der Waals surface area contributed by atoms with Crippen molar-refractivity contribution in [3.05, 3.63) is 58.5 Å². The van der Waals surface area contributed by atoms with Crippen molar-refractivity contribution in [1.29, 1.82) is 0 Å². The van der Waals surface area contributed by atoms with E-state index >= 15 is 0 Å². The van der Waals surface area contributed by atoms with Crippen LogP contribution >= 0.6 is 11.6 Å². The number of halogens is 2. The number of anilines is 1. The number of hydrogen-bond donors (Lipinski definition) is 2. The van der Waals surface area contributed by atoms with Gasteiger partial charge in [-0.3, -0.25) is 0 Å². The van der Waals surface area contributed by atoms with Gasteiger partial charge in [-0.05, 0) is 29.8 Å². The summed E-state index contributed by atoms with van der Waals surface area (Å²) in [4.78, 5) is 14.9. The molecule has 0 bridgehead atoms. The van der Waals surface area contributed by atoms with Gasteiger partial charge in [0, 0.05) is 6.54 Å². The van der Waals surface area contributed by atoms with E-state index in [0.717, 1.165) is 5.56 Å². The maximum absolute atomic E-state index is 12.7. The second-order valence-corrected chi connectivity index (χ2v) is 4.20. The van der Waals surface area contributed by atoms with Crippen LogP contribution in [0.3, 0.4) is 0 Å². The van der Waals surface area contributed by atoms with Crippen molar-refractivity contribution in [2.45, 2.75) is 6.54 Å². The average molecular weight is 281 g/mol. The van der Waals surface area contributed by atoms with E-state index in [1.165, 1.54) is 24.3 Å². The fourth-order valence-corrected chi connectivity index (χ4v) is 1.68. The van der Waals surface area contributed by atoms with E-state index in [1.54, 1.807) is 12.1 Å². The van der Waals surface area contributed by atoms with Gasteiger partial charge in [-0.1, -0.05) is 23.7 Å². The lowest BCUT2D eigenvalue weighted by Gasteiger charge is -2.09. The van der Waals surface area contributed by atoms with Gasteiger partial charge < -0.3 is 10.4 Å². The largest absolute Gasteiger partial charge is 0.478 e. The molecule has 1 heterocycles. The Morgan fingerprint density at radius 3 is 2.58 bits per heavy atom. The Bertz CT molecular complexity index is 602. The van der Waals surface area contributed by atoms with Crippen molar-refractivity contribution in [2.75, 3.05) is 5.32 Å². The number of aromatic carboxylic acids is 1. The number of aromatic nitrogens is 1. The first-order chi connectivity index (χ1) is 9.06. The number of carboxylic acids is 1. The molecule has 19 heavy (non-hydrogen) atoms. The van der Waals surface area contributed by atoms with Gasteiger partial charge in [0.15, 0.2) is 0 Å². The van der Waals surface area contributed by atoms with Crippen molar-refractivity contribution in [1.82, 2.24) is 4.98 Å². The first-order valence-electron chi connectivity index (χ1n) is 5.44. The molecule has 4 nitrogen and oxygen atoms in total. The molecule has 0 radical (unpaired) electrons. The fourth-order valence-electron chi connectivity index (χ4n) is 1.53. The summed E-state index contributed by atoms with van der Waals surface area (Å²) in [6.07, 6.45) is 0. The highest BCUT2D eigenvalue weighted by molar-refractivity contribution is 6.29. The van der Waals surface area contributed by atoms with Crippen molar-refractivity contribution < 1.29 is 14.3 Å². The molecular formula is C13H10ClFN2O2. The maximum atomic E-state index is 12.7. The Labute approximate surface area is 113 Å². The van der Waals surface area contributed by atoms with Crippen LogP contribution in [0.2, 0.25) is 5.15 Å². The number of nitrogens with one attached hydrogen (secondary N) is 1. The molecule has 0 saturated heterocycles. The number of benzene rings is 1. The molecule has 0 saturated carbocycles. The number of hydrogen-bond acceptors (Lipinski definition) is 3. The predicted molar refractivity (Wildman–Crippen MR) is 69.9 cm³/mol. The van der Waals surface area contributed by atoms with Gasteiger partial charge in [-0.25, -0.2) is 14.2 Å². The molecule has 0 unspecified atom stereocenters. The Morgan fingerprint density at radius 2 is 1.95 bits per heavy atom. The molecule has 2 N–H and O–H groups in total. The molecule has 98 valence electrons. The summed E-state index contributed by atoms with van der Waals surface area (Å²) in [6.45, 7) is 0.327. The summed E-state index contributed by atoms with van der Waals surface area (Å²) in [6, 6.07) is 8.67. The Morgan fingerprint density at radius 1 is 1.26 bits per heavy atom. The SMILES string of the molecule is O=C(O)c1ccc(Cl)nc1NCc1ccc(F)cc1. The number of carboxylic acid groups (broad SMARTS) is 1. The van der Waals surface area contributed by atoms with Gasteiger partial charge in [0.1, 0.15) is 22.4 Å². The van der Waals surface area contributed by atoms with Crippen molar-refractivity contribution >= 4 is 23.4 Å². The zero-order valence-electron chi connectivity index (χ0n) is 9.73. The van der Waals surface area contributed by atoms with Gasteiger partial charge in [0.2, 0.25) is 0 Å². The normalized spacial score (nSPS) is 10.2. The van der Waals surface area contributed by atoms with Crippen molar-refractivity contribution in [2.24, 2.45) is 0 Å². The molecule has 6 heteroatoms. The first kappa shape index (κ1) is 13.3. The lowest BCUT2D eigenvalue weighted by Crippen LogP contribution is -2.08. The summed E-state index contributed by atoms with van der Waals surface area (Å²) in [5, 5.41) is 12.1. The van der Waals surface area contributed by atoms with Gasteiger partial charge in [0.25, 0.3) is 0 Å². The predicted octanol–water partition coefficient (Wildman–Crippen LogP) is 3.18. The molecule has 2 rings (SSSR count). The van der Waals surface area contributed by atoms with Crippen LogP contribution in [0.4, 0.5) is 10.2 Å². The van der Waals surface area contributed by atoms with Crippen LogP contribution in [0, 0.1) is 5.82 Å². The number of rotatable bonds is 4. The molecule has 0 amide bonds. The Kier molecular flexibility index (Phi) is 3.97. The zero-order chi connectivity index (χ0) is 13.8. The van der Waals surface area contributed by atoms with E-state index in [0.29, 0.717) is 6.54 Å². The highest BCUT2D eigenvalue weighted by atomic mass is 35.5. The summed E-state index contributed by atoms with van der Waals surface area (Å²) < 4.78 is 12.7. The molecule has 0 aliphatic rings. The van der Waals surface area contributed by atoms with E-state index in [2.05, 4.69) is 10.3 Å². The molecule has 1 aromatic heterocycles. The van der Waals surface area contributed by atoms with Crippen LogP contribution in [-0.4, -0.2) is 16.1 Å². The molecular weight excluding hydrogens is 271 g/mol. The monoisotopic (exact) mass is 280 g/mol. The third-order valence-corrected chi connectivity index (χ3v) is 2.68. The maximum Gasteiger partial charge on any atom is 0.339 e. The first-order valence-corrected chi connectivity index (χ1v) is 5.82. The van der Waals surface area contributed by atoms with Crippen LogP contribution in [0.5, 0.6) is 0 Å². The smallest absolute Gasteiger partial charge is 0.339 e. The van der Waals surface area contributed by atoms with E-state index in [4.69, 9.17) is 16.7 Å². The van der Waals surface area contributed by atoms with Gasteiger partial charge in [-0.2, -0.15) is 0 Å². The van der Waals surface area contributed by atoms with Crippen LogP contribution in [0.1, 0.15) is 15.9 Å². The third kappa shape index (κ3) is 3.42. The highest BCUT2D eigenvalue weighted by Gasteiger charge is 2.11.